The molecule has 1 N–H and O–H groups in total. The first kappa shape index (κ1) is 13.0. The van der Waals surface area contributed by atoms with Gasteiger partial charge in [0.25, 0.3) is 5.91 Å². The average molecular weight is 290 g/mol. The molecule has 3 rings (SSSR count). The van der Waals surface area contributed by atoms with Crippen molar-refractivity contribution in [1.82, 2.24) is 15.2 Å². The molecule has 0 spiro atoms. The molecule has 0 fully saturated rings. The maximum Gasteiger partial charge on any atom is 0.277 e. The molecule has 0 radical (unpaired) electrons. The van der Waals surface area contributed by atoms with Crippen molar-refractivity contribution in [2.24, 2.45) is 0 Å². The molecule has 0 aromatic carbocycles. The van der Waals surface area contributed by atoms with Crippen LogP contribution in [-0.2, 0) is 12.8 Å². The summed E-state index contributed by atoms with van der Waals surface area (Å²) in [5, 5.41) is 11.0. The van der Waals surface area contributed by atoms with Gasteiger partial charge in [0.05, 0.1) is 12.8 Å². The van der Waals surface area contributed by atoms with Gasteiger partial charge in [-0.3, -0.25) is 10.1 Å². The zero-order valence-corrected chi connectivity index (χ0v) is 11.9. The van der Waals surface area contributed by atoms with Gasteiger partial charge >= 0.3 is 0 Å². The van der Waals surface area contributed by atoms with E-state index in [1.165, 1.54) is 24.8 Å². The summed E-state index contributed by atoms with van der Waals surface area (Å²) in [6.07, 6.45) is 4.44. The first-order valence-electron chi connectivity index (χ1n) is 6.44. The van der Waals surface area contributed by atoms with Gasteiger partial charge < -0.3 is 4.74 Å². The third-order valence-corrected chi connectivity index (χ3v) is 4.22. The van der Waals surface area contributed by atoms with E-state index in [4.69, 9.17) is 4.74 Å². The number of nitrogens with zero attached hydrogens (tertiary/aromatic N) is 3. The number of nitrogens with one attached hydrogen (secondary N) is 1. The second-order valence-electron chi connectivity index (χ2n) is 4.51. The van der Waals surface area contributed by atoms with Crippen LogP contribution in [0.25, 0.3) is 0 Å². The Bertz CT molecular complexity index is 600. The quantitative estimate of drug-likeness (QED) is 0.936. The lowest BCUT2D eigenvalue weighted by Crippen LogP contribution is -2.14. The molecule has 0 aliphatic heterocycles. The number of ether oxygens (including phenoxy) is 1. The molecule has 7 heteroatoms. The highest BCUT2D eigenvalue weighted by atomic mass is 32.1. The predicted octanol–water partition coefficient (Wildman–Crippen LogP) is 2.07. The zero-order chi connectivity index (χ0) is 13.9. The van der Waals surface area contributed by atoms with Gasteiger partial charge in [-0.05, 0) is 31.7 Å². The van der Waals surface area contributed by atoms with Crippen LogP contribution in [0.1, 0.15) is 33.9 Å². The van der Waals surface area contributed by atoms with Crippen molar-refractivity contribution in [2.45, 2.75) is 25.7 Å². The minimum atomic E-state index is -0.300. The van der Waals surface area contributed by atoms with Crippen LogP contribution in [0.5, 0.6) is 5.88 Å². The number of aromatic nitrogens is 3. The fourth-order valence-corrected chi connectivity index (χ4v) is 3.16. The monoisotopic (exact) mass is 290 g/mol. The van der Waals surface area contributed by atoms with Crippen LogP contribution in [0.2, 0.25) is 0 Å². The number of rotatable bonds is 3. The largest absolute Gasteiger partial charge is 0.480 e. The van der Waals surface area contributed by atoms with Gasteiger partial charge in [0.2, 0.25) is 5.88 Å². The molecule has 6 nitrogen and oxygen atoms in total. The molecular weight excluding hydrogens is 276 g/mol. The standard InChI is InChI=1S/C13H14N4O2S/c1-19-11-7-6-9(16-17-11)12(18)15-13-14-8-4-2-3-5-10(8)20-13/h6-7H,2-5H2,1H3,(H,14,15,18). The molecule has 0 unspecified atom stereocenters. The molecule has 1 aliphatic carbocycles. The SMILES string of the molecule is COc1ccc(C(=O)Nc2nc3c(s2)CCCC3)nn1. The Morgan fingerprint density at radius 2 is 2.15 bits per heavy atom. The van der Waals surface area contributed by atoms with Crippen LogP contribution >= 0.6 is 11.3 Å². The molecular formula is C13H14N4O2S. The Hall–Kier alpha value is -2.02. The van der Waals surface area contributed by atoms with Crippen molar-refractivity contribution < 1.29 is 9.53 Å². The molecule has 2 heterocycles. The molecule has 2 aromatic heterocycles. The summed E-state index contributed by atoms with van der Waals surface area (Å²) in [4.78, 5) is 17.8. The molecule has 0 atom stereocenters. The Morgan fingerprint density at radius 3 is 2.85 bits per heavy atom. The van der Waals surface area contributed by atoms with Gasteiger partial charge in [-0.25, -0.2) is 4.98 Å². The van der Waals surface area contributed by atoms with Crippen LogP contribution in [0.15, 0.2) is 12.1 Å². The highest BCUT2D eigenvalue weighted by Gasteiger charge is 2.17. The lowest BCUT2D eigenvalue weighted by atomic mass is 10.0. The molecule has 1 aliphatic rings. The van der Waals surface area contributed by atoms with Gasteiger partial charge in [0.1, 0.15) is 0 Å². The lowest BCUT2D eigenvalue weighted by Gasteiger charge is -2.06. The number of aryl methyl sites for hydroxylation is 2. The summed E-state index contributed by atoms with van der Waals surface area (Å²) in [5.74, 6) is 0.0810. The van der Waals surface area contributed by atoms with Gasteiger partial charge in [-0.2, -0.15) is 0 Å². The van der Waals surface area contributed by atoms with E-state index in [0.29, 0.717) is 11.0 Å². The van der Waals surface area contributed by atoms with Crippen molar-refractivity contribution in [2.75, 3.05) is 12.4 Å². The number of hydrogen-bond acceptors (Lipinski definition) is 6. The number of carbonyl (C=O) groups excluding carboxylic acids is 1. The fourth-order valence-electron chi connectivity index (χ4n) is 2.12. The van der Waals surface area contributed by atoms with Crippen LogP contribution in [0.3, 0.4) is 0 Å². The Morgan fingerprint density at radius 1 is 1.30 bits per heavy atom. The second-order valence-corrected chi connectivity index (χ2v) is 5.59. The number of amides is 1. The minimum absolute atomic E-state index is 0.249. The van der Waals surface area contributed by atoms with Crippen LogP contribution < -0.4 is 10.1 Å². The van der Waals surface area contributed by atoms with Crippen LogP contribution in [-0.4, -0.2) is 28.2 Å². The summed E-state index contributed by atoms with van der Waals surface area (Å²) >= 11 is 1.55. The second kappa shape index (κ2) is 5.54. The van der Waals surface area contributed by atoms with E-state index in [0.717, 1.165) is 18.5 Å². The van der Waals surface area contributed by atoms with E-state index in [9.17, 15) is 4.79 Å². The zero-order valence-electron chi connectivity index (χ0n) is 11.0. The van der Waals surface area contributed by atoms with Crippen molar-refractivity contribution in [3.05, 3.63) is 28.4 Å². The Labute approximate surface area is 120 Å². The summed E-state index contributed by atoms with van der Waals surface area (Å²) in [5.41, 5.74) is 1.37. The van der Waals surface area contributed by atoms with Crippen molar-refractivity contribution >= 4 is 22.4 Å². The molecule has 1 amide bonds. The summed E-state index contributed by atoms with van der Waals surface area (Å²) in [7, 11) is 1.50. The average Bonchev–Trinajstić information content (AvgIpc) is 2.89. The maximum atomic E-state index is 12.0. The number of methoxy groups -OCH3 is 1. The highest BCUT2D eigenvalue weighted by molar-refractivity contribution is 7.15. The predicted molar refractivity (Wildman–Crippen MR) is 75.3 cm³/mol. The summed E-state index contributed by atoms with van der Waals surface area (Å²) in [6.45, 7) is 0. The molecule has 0 saturated heterocycles. The van der Waals surface area contributed by atoms with Gasteiger partial charge in [0.15, 0.2) is 10.8 Å². The highest BCUT2D eigenvalue weighted by Crippen LogP contribution is 2.29. The van der Waals surface area contributed by atoms with Crippen molar-refractivity contribution in [3.63, 3.8) is 0 Å². The van der Waals surface area contributed by atoms with Crippen molar-refractivity contribution in [1.29, 1.82) is 0 Å². The molecule has 20 heavy (non-hydrogen) atoms. The Balaban J connectivity index is 1.73. The fraction of sp³-hybridized carbons (Fsp3) is 0.385. The van der Waals surface area contributed by atoms with E-state index in [1.807, 2.05) is 0 Å². The van der Waals surface area contributed by atoms with E-state index < -0.39 is 0 Å². The van der Waals surface area contributed by atoms with Gasteiger partial charge in [0, 0.05) is 10.9 Å². The van der Waals surface area contributed by atoms with Gasteiger partial charge in [-0.15, -0.1) is 21.5 Å². The van der Waals surface area contributed by atoms with Gasteiger partial charge in [-0.1, -0.05) is 0 Å². The van der Waals surface area contributed by atoms with Crippen LogP contribution in [0.4, 0.5) is 5.13 Å². The van der Waals surface area contributed by atoms with E-state index in [2.05, 4.69) is 20.5 Å². The van der Waals surface area contributed by atoms with Crippen LogP contribution in [0, 0.1) is 0 Å². The smallest absolute Gasteiger partial charge is 0.277 e. The third kappa shape index (κ3) is 2.62. The Kier molecular flexibility index (Phi) is 3.60. The molecule has 2 aromatic rings. The minimum Gasteiger partial charge on any atom is -0.480 e. The first-order chi connectivity index (χ1) is 9.76. The maximum absolute atomic E-state index is 12.0. The lowest BCUT2D eigenvalue weighted by molar-refractivity contribution is 0.102. The van der Waals surface area contributed by atoms with E-state index >= 15 is 0 Å². The molecule has 0 bridgehead atoms. The van der Waals surface area contributed by atoms with E-state index in [-0.39, 0.29) is 11.6 Å². The summed E-state index contributed by atoms with van der Waals surface area (Å²) < 4.78 is 4.91. The third-order valence-electron chi connectivity index (χ3n) is 3.15. The number of hydrogen-bond donors (Lipinski definition) is 1. The first-order valence-corrected chi connectivity index (χ1v) is 7.25. The van der Waals surface area contributed by atoms with Crippen molar-refractivity contribution in [3.8, 4) is 5.88 Å². The number of carbonyl (C=O) groups is 1. The topological polar surface area (TPSA) is 77.0 Å². The molecule has 0 saturated carbocycles. The number of anilines is 1. The number of fused-ring (bicyclic) bond motifs is 1. The summed E-state index contributed by atoms with van der Waals surface area (Å²) in [6, 6.07) is 3.18. The number of thiazole rings is 1. The normalized spacial score (nSPS) is 13.7. The molecule has 104 valence electrons. The van der Waals surface area contributed by atoms with E-state index in [1.54, 1.807) is 23.5 Å².